The van der Waals surface area contributed by atoms with Gasteiger partial charge >= 0.3 is 6.03 Å². The third-order valence-corrected chi connectivity index (χ3v) is 6.59. The zero-order valence-electron chi connectivity index (χ0n) is 18.1. The van der Waals surface area contributed by atoms with Crippen LogP contribution in [-0.4, -0.2) is 54.6 Å². The predicted molar refractivity (Wildman–Crippen MR) is 130 cm³/mol. The van der Waals surface area contributed by atoms with E-state index in [2.05, 4.69) is 63.8 Å². The number of benzene rings is 2. The summed E-state index contributed by atoms with van der Waals surface area (Å²) >= 11 is 1.59. The van der Waals surface area contributed by atoms with E-state index in [4.69, 9.17) is 4.37 Å². The lowest BCUT2D eigenvalue weighted by molar-refractivity contribution is 0.252. The van der Waals surface area contributed by atoms with Crippen LogP contribution in [-0.2, 0) is 6.42 Å². The fraction of sp³-hybridized carbons (Fsp3) is 0.417. The van der Waals surface area contributed by atoms with Gasteiger partial charge in [0, 0.05) is 50.3 Å². The van der Waals surface area contributed by atoms with Gasteiger partial charge in [0.25, 0.3) is 0 Å². The minimum Gasteiger partial charge on any atom is -0.353 e. The SMILES string of the molecule is CCCCNC(=O)Nc1ccc(CCN2CCN(c3nsc4ccccc34)CC2)cc1. The van der Waals surface area contributed by atoms with Gasteiger partial charge in [-0.05, 0) is 54.2 Å². The van der Waals surface area contributed by atoms with E-state index >= 15 is 0 Å². The second kappa shape index (κ2) is 10.6. The van der Waals surface area contributed by atoms with E-state index in [0.29, 0.717) is 6.54 Å². The Morgan fingerprint density at radius 1 is 1.06 bits per heavy atom. The second-order valence-corrected chi connectivity index (χ2v) is 8.82. The van der Waals surface area contributed by atoms with Gasteiger partial charge in [-0.2, -0.15) is 4.37 Å². The number of unbranched alkanes of at least 4 members (excludes halogenated alkanes) is 1. The van der Waals surface area contributed by atoms with E-state index in [0.717, 1.165) is 63.5 Å². The summed E-state index contributed by atoms with van der Waals surface area (Å²) in [5.74, 6) is 1.14. The number of aromatic nitrogens is 1. The van der Waals surface area contributed by atoms with Crippen molar-refractivity contribution >= 4 is 39.2 Å². The molecule has 1 aliphatic heterocycles. The van der Waals surface area contributed by atoms with Crippen molar-refractivity contribution in [1.29, 1.82) is 0 Å². The van der Waals surface area contributed by atoms with Gasteiger partial charge in [0.15, 0.2) is 0 Å². The van der Waals surface area contributed by atoms with E-state index in [1.54, 1.807) is 11.5 Å². The molecule has 2 N–H and O–H groups in total. The number of nitrogens with zero attached hydrogens (tertiary/aromatic N) is 3. The molecular weight excluding hydrogens is 406 g/mol. The summed E-state index contributed by atoms with van der Waals surface area (Å²) in [5, 5.41) is 7.04. The fourth-order valence-corrected chi connectivity index (χ4v) is 4.68. The highest BCUT2D eigenvalue weighted by molar-refractivity contribution is 7.13. The molecule has 1 saturated heterocycles. The average molecular weight is 438 g/mol. The summed E-state index contributed by atoms with van der Waals surface area (Å²) in [7, 11) is 0. The lowest BCUT2D eigenvalue weighted by atomic mass is 10.1. The standard InChI is InChI=1S/C24H31N5OS/c1-2-3-13-25-24(30)26-20-10-8-19(9-11-20)12-14-28-15-17-29(18-16-28)23-21-6-4-5-7-22(21)31-27-23/h4-11H,2-3,12-18H2,1H3,(H2,25,26,30). The van der Waals surface area contributed by atoms with Gasteiger partial charge in [-0.3, -0.25) is 4.90 Å². The first-order valence-corrected chi connectivity index (χ1v) is 12.0. The summed E-state index contributed by atoms with van der Waals surface area (Å²) in [6.07, 6.45) is 3.09. The molecule has 164 valence electrons. The van der Waals surface area contributed by atoms with Crippen LogP contribution in [0.4, 0.5) is 16.3 Å². The molecule has 4 rings (SSSR count). The predicted octanol–water partition coefficient (Wildman–Crippen LogP) is 4.58. The number of piperazine rings is 1. The molecule has 0 bridgehead atoms. The first-order valence-electron chi connectivity index (χ1n) is 11.2. The van der Waals surface area contributed by atoms with Gasteiger partial charge < -0.3 is 15.5 Å². The highest BCUT2D eigenvalue weighted by Crippen LogP contribution is 2.29. The maximum atomic E-state index is 11.9. The highest BCUT2D eigenvalue weighted by Gasteiger charge is 2.20. The molecule has 6 nitrogen and oxygen atoms in total. The van der Waals surface area contributed by atoms with Crippen LogP contribution < -0.4 is 15.5 Å². The monoisotopic (exact) mass is 437 g/mol. The van der Waals surface area contributed by atoms with Crippen LogP contribution in [0.1, 0.15) is 25.3 Å². The number of rotatable bonds is 8. The van der Waals surface area contributed by atoms with Crippen molar-refractivity contribution in [2.45, 2.75) is 26.2 Å². The number of hydrogen-bond donors (Lipinski definition) is 2. The fourth-order valence-electron chi connectivity index (χ4n) is 3.88. The molecule has 2 heterocycles. The van der Waals surface area contributed by atoms with Crippen LogP contribution in [0.5, 0.6) is 0 Å². The van der Waals surface area contributed by atoms with E-state index < -0.39 is 0 Å². The molecule has 0 unspecified atom stereocenters. The van der Waals surface area contributed by atoms with Crippen LogP contribution in [0, 0.1) is 0 Å². The van der Waals surface area contributed by atoms with Crippen molar-refractivity contribution in [3.63, 3.8) is 0 Å². The maximum absolute atomic E-state index is 11.9. The molecule has 0 aliphatic carbocycles. The van der Waals surface area contributed by atoms with Crippen LogP contribution >= 0.6 is 11.5 Å². The van der Waals surface area contributed by atoms with E-state index in [-0.39, 0.29) is 6.03 Å². The third-order valence-electron chi connectivity index (χ3n) is 5.77. The van der Waals surface area contributed by atoms with Crippen molar-refractivity contribution < 1.29 is 4.79 Å². The van der Waals surface area contributed by atoms with Crippen LogP contribution in [0.15, 0.2) is 48.5 Å². The van der Waals surface area contributed by atoms with E-state index in [9.17, 15) is 4.79 Å². The Bertz CT molecular complexity index is 979. The summed E-state index contributed by atoms with van der Waals surface area (Å²) in [6, 6.07) is 16.6. The largest absolute Gasteiger partial charge is 0.353 e. The van der Waals surface area contributed by atoms with Crippen LogP contribution in [0.2, 0.25) is 0 Å². The first kappa shape index (κ1) is 21.6. The topological polar surface area (TPSA) is 60.5 Å². The minimum atomic E-state index is -0.132. The summed E-state index contributed by atoms with van der Waals surface area (Å²) in [6.45, 7) is 8.03. The maximum Gasteiger partial charge on any atom is 0.319 e. The average Bonchev–Trinajstić information content (AvgIpc) is 3.23. The molecular formula is C24H31N5OS. The molecule has 2 amide bonds. The van der Waals surface area contributed by atoms with Gasteiger partial charge in [0.05, 0.1) is 4.70 Å². The molecule has 7 heteroatoms. The van der Waals surface area contributed by atoms with Gasteiger partial charge in [-0.1, -0.05) is 37.6 Å². The van der Waals surface area contributed by atoms with Gasteiger partial charge in [0.2, 0.25) is 0 Å². The molecule has 1 aromatic heterocycles. The van der Waals surface area contributed by atoms with Gasteiger partial charge in [-0.25, -0.2) is 4.79 Å². The zero-order chi connectivity index (χ0) is 21.5. The number of carbonyl (C=O) groups excluding carboxylic acids is 1. The Hall–Kier alpha value is -2.64. The molecule has 0 atom stereocenters. The number of hydrogen-bond acceptors (Lipinski definition) is 5. The molecule has 0 saturated carbocycles. The van der Waals surface area contributed by atoms with Crippen molar-refractivity contribution in [2.75, 3.05) is 49.5 Å². The molecule has 1 aliphatic rings. The van der Waals surface area contributed by atoms with E-state index in [1.807, 2.05) is 12.1 Å². The zero-order valence-corrected chi connectivity index (χ0v) is 19.0. The number of fused-ring (bicyclic) bond motifs is 1. The van der Waals surface area contributed by atoms with Crippen LogP contribution in [0.25, 0.3) is 10.1 Å². The molecule has 31 heavy (non-hydrogen) atoms. The summed E-state index contributed by atoms with van der Waals surface area (Å²) in [5.41, 5.74) is 2.13. The lowest BCUT2D eigenvalue weighted by Crippen LogP contribution is -2.47. The first-order chi connectivity index (χ1) is 15.2. The van der Waals surface area contributed by atoms with Crippen molar-refractivity contribution in [1.82, 2.24) is 14.6 Å². The van der Waals surface area contributed by atoms with Gasteiger partial charge in [0.1, 0.15) is 5.82 Å². The van der Waals surface area contributed by atoms with Crippen molar-refractivity contribution in [3.8, 4) is 0 Å². The summed E-state index contributed by atoms with van der Waals surface area (Å²) in [4.78, 5) is 16.8. The number of carbonyl (C=O) groups is 1. The molecule has 2 aromatic carbocycles. The second-order valence-electron chi connectivity index (χ2n) is 8.01. The molecule has 0 spiro atoms. The molecule has 1 fully saturated rings. The number of anilines is 2. The quantitative estimate of drug-likeness (QED) is 0.506. The normalized spacial score (nSPS) is 14.7. The minimum absolute atomic E-state index is 0.132. The van der Waals surface area contributed by atoms with Gasteiger partial charge in [-0.15, -0.1) is 0 Å². The van der Waals surface area contributed by atoms with E-state index in [1.165, 1.54) is 15.6 Å². The third kappa shape index (κ3) is 5.74. The van der Waals surface area contributed by atoms with Crippen molar-refractivity contribution in [3.05, 3.63) is 54.1 Å². The smallest absolute Gasteiger partial charge is 0.319 e. The lowest BCUT2D eigenvalue weighted by Gasteiger charge is -2.35. The Labute approximate surface area is 188 Å². The Balaban J connectivity index is 1.21. The molecule has 0 radical (unpaired) electrons. The summed E-state index contributed by atoms with van der Waals surface area (Å²) < 4.78 is 5.96. The van der Waals surface area contributed by atoms with Crippen LogP contribution in [0.3, 0.4) is 0 Å². The Morgan fingerprint density at radius 2 is 1.84 bits per heavy atom. The number of amides is 2. The Kier molecular flexibility index (Phi) is 7.38. The number of urea groups is 1. The molecule has 3 aromatic rings. The Morgan fingerprint density at radius 3 is 2.61 bits per heavy atom. The highest BCUT2D eigenvalue weighted by atomic mass is 32.1. The number of nitrogens with one attached hydrogen (secondary N) is 2. The van der Waals surface area contributed by atoms with Crippen molar-refractivity contribution in [2.24, 2.45) is 0 Å².